The molecule has 1 fully saturated rings. The molecule has 1 aliphatic rings. The molecule has 1 saturated heterocycles. The first-order chi connectivity index (χ1) is 8.35. The van der Waals surface area contributed by atoms with Crippen molar-refractivity contribution >= 4 is 17.4 Å². The van der Waals surface area contributed by atoms with E-state index in [1.807, 2.05) is 12.1 Å². The average molecular weight is 255 g/mol. The number of rotatable bonds is 3. The van der Waals surface area contributed by atoms with E-state index in [1.165, 1.54) is 19.3 Å². The molecule has 2 rings (SSSR count). The van der Waals surface area contributed by atoms with Crippen LogP contribution in [0.3, 0.4) is 0 Å². The van der Waals surface area contributed by atoms with Crippen LogP contribution in [0.4, 0.5) is 5.82 Å². The quantitative estimate of drug-likeness (QED) is 0.776. The Kier molecular flexibility index (Phi) is 4.49. The second-order valence-corrected chi connectivity index (χ2v) is 4.72. The first-order valence-electron chi connectivity index (χ1n) is 6.18. The summed E-state index contributed by atoms with van der Waals surface area (Å²) in [4.78, 5) is 6.79. The lowest BCUT2D eigenvalue weighted by molar-refractivity contribution is 0.413. The third-order valence-corrected chi connectivity index (χ3v) is 3.66. The molecule has 1 atom stereocenters. The Labute approximate surface area is 108 Å². The van der Waals surface area contributed by atoms with Crippen LogP contribution in [0.2, 0.25) is 0 Å². The van der Waals surface area contributed by atoms with E-state index in [0.717, 1.165) is 24.5 Å². The van der Waals surface area contributed by atoms with Crippen LogP contribution in [0.25, 0.3) is 0 Å². The largest absolute Gasteiger partial charge is 0.495 e. The van der Waals surface area contributed by atoms with Gasteiger partial charge in [0.15, 0.2) is 0 Å². The SMILES string of the molecule is COc1ccc(N2CCCCCC2CCl)nc1. The number of alkyl halides is 1. The van der Waals surface area contributed by atoms with Gasteiger partial charge in [0.2, 0.25) is 0 Å². The van der Waals surface area contributed by atoms with Crippen molar-refractivity contribution in [3.05, 3.63) is 18.3 Å². The summed E-state index contributed by atoms with van der Waals surface area (Å²) in [6.45, 7) is 1.05. The van der Waals surface area contributed by atoms with E-state index in [2.05, 4.69) is 9.88 Å². The number of anilines is 1. The van der Waals surface area contributed by atoms with E-state index < -0.39 is 0 Å². The first-order valence-corrected chi connectivity index (χ1v) is 6.71. The number of pyridine rings is 1. The summed E-state index contributed by atoms with van der Waals surface area (Å²) in [6, 6.07) is 4.39. The van der Waals surface area contributed by atoms with Crippen molar-refractivity contribution in [2.75, 3.05) is 24.4 Å². The summed E-state index contributed by atoms with van der Waals surface area (Å²) in [7, 11) is 1.66. The molecule has 0 bridgehead atoms. The number of halogens is 1. The Balaban J connectivity index is 2.16. The minimum absolute atomic E-state index is 0.417. The molecule has 1 aliphatic heterocycles. The minimum atomic E-state index is 0.417. The van der Waals surface area contributed by atoms with Gasteiger partial charge in [-0.25, -0.2) is 4.98 Å². The zero-order valence-corrected chi connectivity index (χ0v) is 11.0. The van der Waals surface area contributed by atoms with Gasteiger partial charge in [-0.3, -0.25) is 0 Å². The van der Waals surface area contributed by atoms with Crippen molar-refractivity contribution in [2.45, 2.75) is 31.7 Å². The fourth-order valence-electron chi connectivity index (χ4n) is 2.30. The van der Waals surface area contributed by atoms with Crippen molar-refractivity contribution in [3.8, 4) is 5.75 Å². The van der Waals surface area contributed by atoms with Gasteiger partial charge in [-0.05, 0) is 25.0 Å². The lowest BCUT2D eigenvalue weighted by atomic mass is 10.1. The van der Waals surface area contributed by atoms with Crippen LogP contribution in [0, 0.1) is 0 Å². The van der Waals surface area contributed by atoms with Gasteiger partial charge in [0.05, 0.1) is 13.3 Å². The highest BCUT2D eigenvalue weighted by Crippen LogP contribution is 2.24. The maximum atomic E-state index is 6.06. The standard InChI is InChI=1S/C13H19ClN2O/c1-17-12-6-7-13(15-10-12)16-8-4-2-3-5-11(16)9-14/h6-7,10-11H,2-5,8-9H2,1H3. The fourth-order valence-corrected chi connectivity index (χ4v) is 2.62. The number of hydrogen-bond donors (Lipinski definition) is 0. The summed E-state index contributed by atoms with van der Waals surface area (Å²) in [5.41, 5.74) is 0. The molecule has 17 heavy (non-hydrogen) atoms. The fraction of sp³-hybridized carbons (Fsp3) is 0.615. The Morgan fingerprint density at radius 1 is 1.41 bits per heavy atom. The molecule has 1 aromatic rings. The number of hydrogen-bond acceptors (Lipinski definition) is 3. The molecule has 0 N–H and O–H groups in total. The van der Waals surface area contributed by atoms with Crippen LogP contribution >= 0.6 is 11.6 Å². The van der Waals surface area contributed by atoms with Crippen molar-refractivity contribution < 1.29 is 4.74 Å². The molecule has 1 unspecified atom stereocenters. The predicted molar refractivity (Wildman–Crippen MR) is 71.1 cm³/mol. The number of methoxy groups -OCH3 is 1. The predicted octanol–water partition coefficient (Wildman–Crippen LogP) is 3.08. The molecule has 0 radical (unpaired) electrons. The highest BCUT2D eigenvalue weighted by atomic mass is 35.5. The summed E-state index contributed by atoms with van der Waals surface area (Å²) < 4.78 is 5.13. The average Bonchev–Trinajstić information content (AvgIpc) is 2.64. The topological polar surface area (TPSA) is 25.4 Å². The molecule has 0 saturated carbocycles. The lowest BCUT2D eigenvalue weighted by Crippen LogP contribution is -2.36. The summed E-state index contributed by atoms with van der Waals surface area (Å²) in [5, 5.41) is 0. The van der Waals surface area contributed by atoms with E-state index in [1.54, 1.807) is 13.3 Å². The molecule has 4 heteroatoms. The van der Waals surface area contributed by atoms with E-state index in [9.17, 15) is 0 Å². The molecule has 0 spiro atoms. The molecule has 1 aromatic heterocycles. The zero-order valence-electron chi connectivity index (χ0n) is 10.2. The van der Waals surface area contributed by atoms with Crippen LogP contribution < -0.4 is 9.64 Å². The van der Waals surface area contributed by atoms with Gasteiger partial charge < -0.3 is 9.64 Å². The number of nitrogens with zero attached hydrogens (tertiary/aromatic N) is 2. The molecule has 3 nitrogen and oxygen atoms in total. The van der Waals surface area contributed by atoms with Crippen LogP contribution in [0.1, 0.15) is 25.7 Å². The van der Waals surface area contributed by atoms with Gasteiger partial charge in [-0.2, -0.15) is 0 Å². The van der Waals surface area contributed by atoms with Crippen molar-refractivity contribution in [1.29, 1.82) is 0 Å². The summed E-state index contributed by atoms with van der Waals surface area (Å²) in [6.07, 6.45) is 6.72. The maximum absolute atomic E-state index is 6.06. The van der Waals surface area contributed by atoms with Crippen molar-refractivity contribution in [3.63, 3.8) is 0 Å². The van der Waals surface area contributed by atoms with Gasteiger partial charge in [-0.1, -0.05) is 12.8 Å². The summed E-state index contributed by atoms with van der Waals surface area (Å²) >= 11 is 6.06. The molecule has 2 heterocycles. The van der Waals surface area contributed by atoms with Crippen LogP contribution in [-0.2, 0) is 0 Å². The van der Waals surface area contributed by atoms with Crippen LogP contribution in [0.5, 0.6) is 5.75 Å². The molecule has 0 aliphatic carbocycles. The Morgan fingerprint density at radius 3 is 2.94 bits per heavy atom. The Morgan fingerprint density at radius 2 is 2.29 bits per heavy atom. The molecule has 94 valence electrons. The maximum Gasteiger partial charge on any atom is 0.137 e. The first kappa shape index (κ1) is 12.5. The molecular weight excluding hydrogens is 236 g/mol. The van der Waals surface area contributed by atoms with E-state index >= 15 is 0 Å². The van der Waals surface area contributed by atoms with Gasteiger partial charge in [0.25, 0.3) is 0 Å². The van der Waals surface area contributed by atoms with Crippen LogP contribution in [0.15, 0.2) is 18.3 Å². The third kappa shape index (κ3) is 3.03. The molecule has 0 aromatic carbocycles. The van der Waals surface area contributed by atoms with Gasteiger partial charge in [0, 0.05) is 18.5 Å². The smallest absolute Gasteiger partial charge is 0.137 e. The molecular formula is C13H19ClN2O. The van der Waals surface area contributed by atoms with Gasteiger partial charge in [0.1, 0.15) is 11.6 Å². The van der Waals surface area contributed by atoms with E-state index in [0.29, 0.717) is 11.9 Å². The van der Waals surface area contributed by atoms with E-state index in [-0.39, 0.29) is 0 Å². The van der Waals surface area contributed by atoms with E-state index in [4.69, 9.17) is 16.3 Å². The monoisotopic (exact) mass is 254 g/mol. The lowest BCUT2D eigenvalue weighted by Gasteiger charge is -2.29. The minimum Gasteiger partial charge on any atom is -0.495 e. The van der Waals surface area contributed by atoms with Crippen molar-refractivity contribution in [1.82, 2.24) is 4.98 Å². The van der Waals surface area contributed by atoms with Crippen molar-refractivity contribution in [2.24, 2.45) is 0 Å². The Bertz CT molecular complexity index is 342. The summed E-state index contributed by atoms with van der Waals surface area (Å²) in [5.74, 6) is 2.48. The normalized spacial score (nSPS) is 21.1. The highest BCUT2D eigenvalue weighted by Gasteiger charge is 2.21. The number of ether oxygens (including phenoxy) is 1. The second-order valence-electron chi connectivity index (χ2n) is 4.41. The van der Waals surface area contributed by atoms with Crippen LogP contribution in [-0.4, -0.2) is 30.6 Å². The van der Waals surface area contributed by atoms with Gasteiger partial charge >= 0.3 is 0 Å². The highest BCUT2D eigenvalue weighted by molar-refractivity contribution is 6.18. The number of aromatic nitrogens is 1. The second kappa shape index (κ2) is 6.10. The zero-order chi connectivity index (χ0) is 12.1. The Hall–Kier alpha value is -0.960. The van der Waals surface area contributed by atoms with Gasteiger partial charge in [-0.15, -0.1) is 11.6 Å². The third-order valence-electron chi connectivity index (χ3n) is 3.31. The molecule has 0 amide bonds.